The zero-order valence-corrected chi connectivity index (χ0v) is 19.7. The predicted molar refractivity (Wildman–Crippen MR) is 128 cm³/mol. The van der Waals surface area contributed by atoms with Crippen LogP contribution in [0, 0.1) is 6.92 Å². The highest BCUT2D eigenvalue weighted by atomic mass is 16.5. The van der Waals surface area contributed by atoms with E-state index in [2.05, 4.69) is 47.1 Å². The van der Waals surface area contributed by atoms with E-state index in [1.54, 1.807) is 0 Å². The van der Waals surface area contributed by atoms with Crippen molar-refractivity contribution in [1.82, 2.24) is 19.8 Å². The minimum absolute atomic E-state index is 0.205. The van der Waals surface area contributed by atoms with Gasteiger partial charge in [0.1, 0.15) is 11.6 Å². The maximum Gasteiger partial charge on any atom is 0.236 e. The topological polar surface area (TPSA) is 61.8 Å². The van der Waals surface area contributed by atoms with Crippen molar-refractivity contribution in [1.29, 1.82) is 0 Å². The van der Waals surface area contributed by atoms with Crippen LogP contribution in [-0.2, 0) is 22.5 Å². The summed E-state index contributed by atoms with van der Waals surface area (Å²) in [6, 6.07) is 10.6. The average molecular weight is 450 g/mol. The van der Waals surface area contributed by atoms with Gasteiger partial charge in [0.25, 0.3) is 0 Å². The van der Waals surface area contributed by atoms with E-state index in [1.807, 2.05) is 4.90 Å². The van der Waals surface area contributed by atoms with Gasteiger partial charge in [0.05, 0.1) is 19.8 Å². The number of hydrogen-bond donors (Lipinski definition) is 0. The van der Waals surface area contributed by atoms with Gasteiger partial charge in [-0.05, 0) is 38.2 Å². The summed E-state index contributed by atoms with van der Waals surface area (Å²) < 4.78 is 5.42. The number of aryl methyl sites for hydroxylation is 1. The van der Waals surface area contributed by atoms with Crippen LogP contribution in [0.25, 0.3) is 0 Å². The second kappa shape index (κ2) is 10.2. The van der Waals surface area contributed by atoms with Crippen LogP contribution in [0.1, 0.15) is 47.8 Å². The van der Waals surface area contributed by atoms with Crippen molar-refractivity contribution in [2.24, 2.45) is 0 Å². The molecule has 33 heavy (non-hydrogen) atoms. The summed E-state index contributed by atoms with van der Waals surface area (Å²) in [6.07, 6.45) is 4.23. The third kappa shape index (κ3) is 5.20. The van der Waals surface area contributed by atoms with Crippen LogP contribution in [0.2, 0.25) is 0 Å². The number of carbonyl (C=O) groups excluding carboxylic acids is 1. The van der Waals surface area contributed by atoms with E-state index in [4.69, 9.17) is 14.7 Å². The fourth-order valence-electron chi connectivity index (χ4n) is 5.31. The highest BCUT2D eigenvalue weighted by Gasteiger charge is 2.30. The number of ether oxygens (including phenoxy) is 1. The second-order valence-corrected chi connectivity index (χ2v) is 9.55. The Bertz CT molecular complexity index is 961. The molecule has 1 amide bonds. The van der Waals surface area contributed by atoms with Crippen LogP contribution in [0.5, 0.6) is 0 Å². The smallest absolute Gasteiger partial charge is 0.236 e. The second-order valence-electron chi connectivity index (χ2n) is 9.55. The summed E-state index contributed by atoms with van der Waals surface area (Å²) in [5, 5.41) is 0. The Morgan fingerprint density at radius 2 is 1.88 bits per heavy atom. The molecule has 2 aromatic rings. The fourth-order valence-corrected chi connectivity index (χ4v) is 5.31. The molecule has 0 bridgehead atoms. The highest BCUT2D eigenvalue weighted by molar-refractivity contribution is 5.78. The van der Waals surface area contributed by atoms with E-state index in [0.29, 0.717) is 6.54 Å². The Kier molecular flexibility index (Phi) is 6.88. The zero-order valence-electron chi connectivity index (χ0n) is 19.7. The van der Waals surface area contributed by atoms with Gasteiger partial charge in [-0.3, -0.25) is 9.69 Å². The molecule has 7 heteroatoms. The number of fused-ring (bicyclic) bond motifs is 1. The number of rotatable bonds is 5. The molecule has 1 unspecified atom stereocenters. The van der Waals surface area contributed by atoms with Gasteiger partial charge < -0.3 is 14.5 Å². The quantitative estimate of drug-likeness (QED) is 0.700. The Hall–Kier alpha value is -2.51. The zero-order chi connectivity index (χ0) is 22.6. The van der Waals surface area contributed by atoms with E-state index in [9.17, 15) is 4.79 Å². The summed E-state index contributed by atoms with van der Waals surface area (Å²) in [4.78, 5) is 29.7. The number of aromatic nitrogens is 2. The Morgan fingerprint density at radius 1 is 1.06 bits per heavy atom. The first-order valence-corrected chi connectivity index (χ1v) is 12.4. The number of anilines is 1. The van der Waals surface area contributed by atoms with Gasteiger partial charge in [-0.25, -0.2) is 9.97 Å². The third-order valence-corrected chi connectivity index (χ3v) is 7.18. The van der Waals surface area contributed by atoms with Crippen molar-refractivity contribution in [3.8, 4) is 0 Å². The molecule has 7 nitrogen and oxygen atoms in total. The maximum absolute atomic E-state index is 13.0. The number of nitrogens with zero attached hydrogens (tertiary/aromatic N) is 5. The first kappa shape index (κ1) is 22.3. The number of carbonyl (C=O) groups is 1. The minimum Gasteiger partial charge on any atom is -0.379 e. The summed E-state index contributed by atoms with van der Waals surface area (Å²) in [5.41, 5.74) is 3.70. The van der Waals surface area contributed by atoms with Crippen molar-refractivity contribution < 1.29 is 9.53 Å². The summed E-state index contributed by atoms with van der Waals surface area (Å²) in [6.45, 7) is 9.19. The van der Waals surface area contributed by atoms with Crippen LogP contribution in [0.4, 0.5) is 5.82 Å². The molecule has 3 aliphatic heterocycles. The molecule has 4 heterocycles. The first-order valence-electron chi connectivity index (χ1n) is 12.4. The van der Waals surface area contributed by atoms with Crippen molar-refractivity contribution in [3.63, 3.8) is 0 Å². The van der Waals surface area contributed by atoms with Crippen LogP contribution >= 0.6 is 0 Å². The van der Waals surface area contributed by atoms with Crippen molar-refractivity contribution in [2.75, 3.05) is 57.4 Å². The molecule has 176 valence electrons. The van der Waals surface area contributed by atoms with Gasteiger partial charge in [-0.15, -0.1) is 0 Å². The molecule has 0 saturated carbocycles. The van der Waals surface area contributed by atoms with E-state index in [-0.39, 0.29) is 11.8 Å². The number of likely N-dealkylation sites (tertiary alicyclic amines) is 1. The van der Waals surface area contributed by atoms with Crippen molar-refractivity contribution in [3.05, 3.63) is 53.0 Å². The Morgan fingerprint density at radius 3 is 2.70 bits per heavy atom. The van der Waals surface area contributed by atoms with Crippen molar-refractivity contribution >= 4 is 11.7 Å². The van der Waals surface area contributed by atoms with E-state index in [0.717, 1.165) is 95.5 Å². The molecule has 3 aliphatic rings. The number of piperidine rings is 1. The van der Waals surface area contributed by atoms with E-state index >= 15 is 0 Å². The molecule has 2 saturated heterocycles. The standard InChI is InChI=1S/C26H35N5O2/c1-20-23-10-6-12-31(17-21-7-3-2-4-8-21)26(23)28-25(27-20)22-9-5-11-30(18-22)24(32)19-29-13-15-33-16-14-29/h2-4,7-8,22H,5-6,9-19H2,1H3. The lowest BCUT2D eigenvalue weighted by Gasteiger charge is -2.36. The van der Waals surface area contributed by atoms with Crippen molar-refractivity contribution in [2.45, 2.75) is 45.1 Å². The average Bonchev–Trinajstić information content (AvgIpc) is 2.86. The monoisotopic (exact) mass is 449 g/mol. The lowest BCUT2D eigenvalue weighted by molar-refractivity contribution is -0.134. The molecule has 0 N–H and O–H groups in total. The largest absolute Gasteiger partial charge is 0.379 e. The summed E-state index contributed by atoms with van der Waals surface area (Å²) in [5.74, 6) is 2.44. The minimum atomic E-state index is 0.205. The lowest BCUT2D eigenvalue weighted by Crippen LogP contribution is -2.47. The van der Waals surface area contributed by atoms with E-state index in [1.165, 1.54) is 11.1 Å². The first-order chi connectivity index (χ1) is 16.2. The van der Waals surface area contributed by atoms with Crippen LogP contribution in [0.3, 0.4) is 0 Å². The molecule has 2 fully saturated rings. The van der Waals surface area contributed by atoms with Crippen LogP contribution in [0.15, 0.2) is 30.3 Å². The number of hydrogen-bond acceptors (Lipinski definition) is 6. The van der Waals surface area contributed by atoms with Gasteiger partial charge in [0.2, 0.25) is 5.91 Å². The molecular weight excluding hydrogens is 414 g/mol. The summed E-state index contributed by atoms with van der Waals surface area (Å²) in [7, 11) is 0. The summed E-state index contributed by atoms with van der Waals surface area (Å²) >= 11 is 0. The Labute approximate surface area is 196 Å². The molecular formula is C26H35N5O2. The van der Waals surface area contributed by atoms with Crippen LogP contribution in [-0.4, -0.2) is 78.2 Å². The normalized spacial score (nSPS) is 21.7. The molecule has 0 spiro atoms. The van der Waals surface area contributed by atoms with Gasteiger partial charge >= 0.3 is 0 Å². The van der Waals surface area contributed by atoms with Gasteiger partial charge in [-0.1, -0.05) is 30.3 Å². The predicted octanol–water partition coefficient (Wildman–Crippen LogP) is 2.78. The fraction of sp³-hybridized carbons (Fsp3) is 0.577. The SMILES string of the molecule is Cc1nc(C2CCCN(C(=O)CN3CCOCC3)C2)nc2c1CCCN2Cc1ccccc1. The number of morpholine rings is 1. The lowest BCUT2D eigenvalue weighted by atomic mass is 9.95. The molecule has 5 rings (SSSR count). The van der Waals surface area contributed by atoms with Gasteiger partial charge in [-0.2, -0.15) is 0 Å². The number of amides is 1. The molecule has 1 aromatic heterocycles. The van der Waals surface area contributed by atoms with E-state index < -0.39 is 0 Å². The molecule has 1 atom stereocenters. The molecule has 1 aromatic carbocycles. The Balaban J connectivity index is 1.32. The third-order valence-electron chi connectivity index (χ3n) is 7.18. The maximum atomic E-state index is 13.0. The molecule has 0 aliphatic carbocycles. The van der Waals surface area contributed by atoms with Crippen LogP contribution < -0.4 is 4.90 Å². The number of benzene rings is 1. The van der Waals surface area contributed by atoms with Gasteiger partial charge in [0, 0.05) is 56.4 Å². The molecule has 0 radical (unpaired) electrons. The highest BCUT2D eigenvalue weighted by Crippen LogP contribution is 2.32. The van der Waals surface area contributed by atoms with Gasteiger partial charge in [0.15, 0.2) is 0 Å².